The first-order chi connectivity index (χ1) is 18.2. The van der Waals surface area contributed by atoms with E-state index in [0.29, 0.717) is 28.8 Å². The molecule has 0 saturated heterocycles. The van der Waals surface area contributed by atoms with Crippen LogP contribution in [0.4, 0.5) is 5.69 Å². The van der Waals surface area contributed by atoms with Gasteiger partial charge in [0, 0.05) is 17.8 Å². The van der Waals surface area contributed by atoms with E-state index in [9.17, 15) is 9.59 Å². The normalized spacial score (nSPS) is 12.6. The van der Waals surface area contributed by atoms with Crippen molar-refractivity contribution in [3.8, 4) is 11.4 Å². The molecule has 8 nitrogen and oxygen atoms in total. The molecule has 0 radical (unpaired) electrons. The number of hydrogen-bond acceptors (Lipinski definition) is 6. The largest absolute Gasteiger partial charge is 0.495 e. The van der Waals surface area contributed by atoms with Crippen LogP contribution >= 0.6 is 11.8 Å². The molecule has 5 rings (SSSR count). The van der Waals surface area contributed by atoms with Crippen LogP contribution in [0, 0.1) is 0 Å². The third-order valence-electron chi connectivity index (χ3n) is 6.21. The van der Waals surface area contributed by atoms with Crippen LogP contribution in [-0.4, -0.2) is 46.0 Å². The number of nitrogens with zero attached hydrogens (tertiary/aromatic N) is 4. The van der Waals surface area contributed by atoms with Crippen LogP contribution < -0.4 is 15.0 Å². The summed E-state index contributed by atoms with van der Waals surface area (Å²) in [6, 6.07) is 24.6. The van der Waals surface area contributed by atoms with Gasteiger partial charge < -0.3 is 15.0 Å². The number of hydrogen-bond donors (Lipinski definition) is 1. The van der Waals surface area contributed by atoms with E-state index in [1.807, 2.05) is 70.1 Å². The van der Waals surface area contributed by atoms with Gasteiger partial charge in [0.25, 0.3) is 5.91 Å². The summed E-state index contributed by atoms with van der Waals surface area (Å²) in [5.41, 5.74) is 3.47. The molecule has 0 saturated carbocycles. The molecule has 2 amide bonds. The van der Waals surface area contributed by atoms with E-state index in [-0.39, 0.29) is 24.1 Å². The van der Waals surface area contributed by atoms with Crippen molar-refractivity contribution in [3.63, 3.8) is 0 Å². The number of anilines is 1. The van der Waals surface area contributed by atoms with Crippen molar-refractivity contribution in [1.29, 1.82) is 0 Å². The van der Waals surface area contributed by atoms with E-state index in [2.05, 4.69) is 21.6 Å². The minimum Gasteiger partial charge on any atom is -0.495 e. The predicted octanol–water partition coefficient (Wildman–Crippen LogP) is 4.28. The average Bonchev–Trinajstić information content (AvgIpc) is 3.37. The van der Waals surface area contributed by atoms with Gasteiger partial charge in [-0.1, -0.05) is 60.3 Å². The van der Waals surface area contributed by atoms with E-state index >= 15 is 0 Å². The second-order valence-electron chi connectivity index (χ2n) is 8.52. The topological polar surface area (TPSA) is 89.3 Å². The molecular weight excluding hydrogens is 486 g/mol. The van der Waals surface area contributed by atoms with Crippen LogP contribution in [-0.2, 0) is 17.8 Å². The molecule has 188 valence electrons. The van der Waals surface area contributed by atoms with Gasteiger partial charge in [-0.15, -0.1) is 10.2 Å². The number of ether oxygens (including phenoxy) is 1. The molecule has 37 heavy (non-hydrogen) atoms. The summed E-state index contributed by atoms with van der Waals surface area (Å²) in [6.45, 7) is 0.860. The standard InChI is InChI=1S/C28H27N5O3S/c1-36-24-16-8-7-15-23(24)33-25(18-29-27(35)21-11-3-2-4-12-21)30-31-28(33)37-19-26(34)32-17-9-13-20-10-5-6-14-22(20)32/h2-8,10-12,14-16H,9,13,17-19H2,1H3,(H,29,35). The van der Waals surface area contributed by atoms with E-state index in [4.69, 9.17) is 4.74 Å². The van der Waals surface area contributed by atoms with E-state index in [1.165, 1.54) is 17.3 Å². The van der Waals surface area contributed by atoms with Gasteiger partial charge in [-0.25, -0.2) is 0 Å². The molecule has 4 aromatic rings. The number of thioether (sulfide) groups is 1. The lowest BCUT2D eigenvalue weighted by molar-refractivity contribution is -0.116. The molecule has 0 atom stereocenters. The molecular formula is C28H27N5O3S. The number of carbonyl (C=O) groups is 2. The Morgan fingerprint density at radius 1 is 0.946 bits per heavy atom. The lowest BCUT2D eigenvalue weighted by Gasteiger charge is -2.29. The molecule has 1 aliphatic heterocycles. The molecule has 1 aliphatic rings. The number of fused-ring (bicyclic) bond motifs is 1. The molecule has 2 heterocycles. The predicted molar refractivity (Wildman–Crippen MR) is 143 cm³/mol. The number of rotatable bonds is 8. The highest BCUT2D eigenvalue weighted by atomic mass is 32.2. The fourth-order valence-electron chi connectivity index (χ4n) is 4.41. The third-order valence-corrected chi connectivity index (χ3v) is 7.12. The minimum atomic E-state index is -0.205. The zero-order chi connectivity index (χ0) is 25.6. The first kappa shape index (κ1) is 24.6. The molecule has 1 aromatic heterocycles. The number of nitrogens with one attached hydrogen (secondary N) is 1. The zero-order valence-corrected chi connectivity index (χ0v) is 21.3. The molecule has 0 spiro atoms. The Labute approximate surface area is 219 Å². The van der Waals surface area contributed by atoms with Crippen molar-refractivity contribution in [1.82, 2.24) is 20.1 Å². The summed E-state index contributed by atoms with van der Waals surface area (Å²) in [6.07, 6.45) is 1.92. The van der Waals surface area contributed by atoms with Gasteiger partial charge in [0.1, 0.15) is 5.75 Å². The van der Waals surface area contributed by atoms with Gasteiger partial charge in [0.05, 0.1) is 25.1 Å². The molecule has 0 aliphatic carbocycles. The lowest BCUT2D eigenvalue weighted by atomic mass is 10.0. The van der Waals surface area contributed by atoms with Gasteiger partial charge >= 0.3 is 0 Å². The van der Waals surface area contributed by atoms with Crippen LogP contribution in [0.5, 0.6) is 5.75 Å². The fraction of sp³-hybridized carbons (Fsp3) is 0.214. The highest BCUT2D eigenvalue weighted by molar-refractivity contribution is 7.99. The molecule has 1 N–H and O–H groups in total. The second kappa shape index (κ2) is 11.3. The summed E-state index contributed by atoms with van der Waals surface area (Å²) < 4.78 is 7.43. The van der Waals surface area contributed by atoms with Gasteiger partial charge in [0.15, 0.2) is 11.0 Å². The maximum Gasteiger partial charge on any atom is 0.251 e. The Kier molecular flexibility index (Phi) is 7.51. The van der Waals surface area contributed by atoms with Crippen molar-refractivity contribution in [2.75, 3.05) is 24.3 Å². The van der Waals surface area contributed by atoms with Gasteiger partial charge in [-0.05, 0) is 48.7 Å². The number of aromatic nitrogens is 3. The maximum atomic E-state index is 13.2. The van der Waals surface area contributed by atoms with Crippen molar-refractivity contribution in [2.45, 2.75) is 24.5 Å². The highest BCUT2D eigenvalue weighted by Crippen LogP contribution is 2.31. The molecule has 0 bridgehead atoms. The van der Waals surface area contributed by atoms with Crippen LogP contribution in [0.3, 0.4) is 0 Å². The number of amides is 2. The summed E-state index contributed by atoms with van der Waals surface area (Å²) in [5.74, 6) is 1.19. The molecule has 0 fully saturated rings. The van der Waals surface area contributed by atoms with Crippen LogP contribution in [0.1, 0.15) is 28.2 Å². The zero-order valence-electron chi connectivity index (χ0n) is 20.5. The van der Waals surface area contributed by atoms with Gasteiger partial charge in [0.2, 0.25) is 5.91 Å². The van der Waals surface area contributed by atoms with Crippen molar-refractivity contribution < 1.29 is 14.3 Å². The highest BCUT2D eigenvalue weighted by Gasteiger charge is 2.24. The summed E-state index contributed by atoms with van der Waals surface area (Å²) in [7, 11) is 1.60. The Morgan fingerprint density at radius 2 is 1.68 bits per heavy atom. The van der Waals surface area contributed by atoms with Crippen molar-refractivity contribution in [2.24, 2.45) is 0 Å². The Morgan fingerprint density at radius 3 is 2.49 bits per heavy atom. The first-order valence-electron chi connectivity index (χ1n) is 12.1. The quantitative estimate of drug-likeness (QED) is 0.354. The van der Waals surface area contributed by atoms with Crippen molar-refractivity contribution >= 4 is 29.3 Å². The SMILES string of the molecule is COc1ccccc1-n1c(CNC(=O)c2ccccc2)nnc1SCC(=O)N1CCCc2ccccc21. The van der Waals surface area contributed by atoms with E-state index in [1.54, 1.807) is 19.2 Å². The average molecular weight is 514 g/mol. The van der Waals surface area contributed by atoms with Crippen LogP contribution in [0.15, 0.2) is 84.0 Å². The van der Waals surface area contributed by atoms with E-state index in [0.717, 1.165) is 24.2 Å². The smallest absolute Gasteiger partial charge is 0.251 e. The Balaban J connectivity index is 1.38. The second-order valence-corrected chi connectivity index (χ2v) is 9.46. The molecule has 3 aromatic carbocycles. The third kappa shape index (κ3) is 5.36. The number of methoxy groups -OCH3 is 1. The monoisotopic (exact) mass is 513 g/mol. The van der Waals surface area contributed by atoms with Gasteiger partial charge in [-0.2, -0.15) is 0 Å². The van der Waals surface area contributed by atoms with Crippen molar-refractivity contribution in [3.05, 3.63) is 95.8 Å². The number of benzene rings is 3. The molecule has 0 unspecified atom stereocenters. The van der Waals surface area contributed by atoms with Gasteiger partial charge in [-0.3, -0.25) is 14.2 Å². The Bertz CT molecular complexity index is 1410. The fourth-order valence-corrected chi connectivity index (χ4v) is 5.25. The molecule has 9 heteroatoms. The maximum absolute atomic E-state index is 13.2. The number of carbonyl (C=O) groups excluding carboxylic acids is 2. The van der Waals surface area contributed by atoms with Crippen LogP contribution in [0.2, 0.25) is 0 Å². The lowest BCUT2D eigenvalue weighted by Crippen LogP contribution is -2.36. The number of aryl methyl sites for hydroxylation is 1. The summed E-state index contributed by atoms with van der Waals surface area (Å²) in [4.78, 5) is 27.7. The number of para-hydroxylation sites is 3. The first-order valence-corrected chi connectivity index (χ1v) is 13.1. The Hall–Kier alpha value is -4.11. The van der Waals surface area contributed by atoms with E-state index < -0.39 is 0 Å². The summed E-state index contributed by atoms with van der Waals surface area (Å²) >= 11 is 1.32. The van der Waals surface area contributed by atoms with Crippen LogP contribution in [0.25, 0.3) is 5.69 Å². The summed E-state index contributed by atoms with van der Waals surface area (Å²) in [5, 5.41) is 12.2. The minimum absolute atomic E-state index is 0.0191.